The van der Waals surface area contributed by atoms with Gasteiger partial charge >= 0.3 is 0 Å². The molecule has 110 valence electrons. The number of hydrogen-bond acceptors (Lipinski definition) is 2. The topological polar surface area (TPSA) is 41.1 Å². The number of amides is 1. The van der Waals surface area contributed by atoms with Crippen LogP contribution in [0, 0.1) is 12.3 Å². The van der Waals surface area contributed by atoms with E-state index in [0.717, 1.165) is 19.4 Å². The van der Waals surface area contributed by atoms with Crippen LogP contribution in [0.1, 0.15) is 50.8 Å². The molecule has 1 aromatic carbocycles. The number of hydrogen-bond donors (Lipinski definition) is 2. The first-order chi connectivity index (χ1) is 9.42. The first-order valence-electron chi connectivity index (χ1n) is 7.51. The molecule has 0 aliphatic carbocycles. The van der Waals surface area contributed by atoms with E-state index in [1.165, 1.54) is 11.1 Å². The Labute approximate surface area is 122 Å². The molecule has 2 unspecified atom stereocenters. The Hall–Kier alpha value is -1.35. The van der Waals surface area contributed by atoms with Gasteiger partial charge in [-0.3, -0.25) is 4.79 Å². The van der Waals surface area contributed by atoms with Crippen LogP contribution in [0.4, 0.5) is 0 Å². The standard InChI is InChI=1S/C17H26N2O/c1-12-8-5-6-9-14(12)13(2)19-16(20)15-17(3,4)10-7-11-18-15/h5-6,8-9,13,15,18H,7,10-11H2,1-4H3,(H,19,20). The van der Waals surface area contributed by atoms with Crippen LogP contribution >= 0.6 is 0 Å². The molecule has 1 amide bonds. The number of aryl methyl sites for hydroxylation is 1. The molecule has 1 heterocycles. The highest BCUT2D eigenvalue weighted by Gasteiger charge is 2.37. The molecule has 2 N–H and O–H groups in total. The number of nitrogens with one attached hydrogen (secondary N) is 2. The van der Waals surface area contributed by atoms with Crippen molar-refractivity contribution in [1.82, 2.24) is 10.6 Å². The van der Waals surface area contributed by atoms with Gasteiger partial charge in [0.2, 0.25) is 5.91 Å². The van der Waals surface area contributed by atoms with Gasteiger partial charge in [-0.25, -0.2) is 0 Å². The van der Waals surface area contributed by atoms with Gasteiger partial charge in [0.05, 0.1) is 12.1 Å². The second-order valence-electron chi connectivity index (χ2n) is 6.57. The van der Waals surface area contributed by atoms with Gasteiger partial charge in [-0.15, -0.1) is 0 Å². The SMILES string of the molecule is Cc1ccccc1C(C)NC(=O)C1NCCCC1(C)C. The van der Waals surface area contributed by atoms with Crippen molar-refractivity contribution < 1.29 is 4.79 Å². The maximum Gasteiger partial charge on any atom is 0.238 e. The molecule has 1 saturated heterocycles. The minimum Gasteiger partial charge on any atom is -0.348 e. The highest BCUT2D eigenvalue weighted by molar-refractivity contribution is 5.83. The number of rotatable bonds is 3. The molecule has 2 rings (SSSR count). The van der Waals surface area contributed by atoms with Crippen LogP contribution in [0.15, 0.2) is 24.3 Å². The van der Waals surface area contributed by atoms with E-state index in [1.807, 2.05) is 12.1 Å². The van der Waals surface area contributed by atoms with Gasteiger partial charge in [0.25, 0.3) is 0 Å². The van der Waals surface area contributed by atoms with Gasteiger partial charge in [0.15, 0.2) is 0 Å². The van der Waals surface area contributed by atoms with Crippen molar-refractivity contribution in [3.05, 3.63) is 35.4 Å². The van der Waals surface area contributed by atoms with Gasteiger partial charge in [-0.1, -0.05) is 38.1 Å². The smallest absolute Gasteiger partial charge is 0.238 e. The fraction of sp³-hybridized carbons (Fsp3) is 0.588. The lowest BCUT2D eigenvalue weighted by Gasteiger charge is -2.38. The van der Waals surface area contributed by atoms with Crippen molar-refractivity contribution in [2.75, 3.05) is 6.54 Å². The third kappa shape index (κ3) is 3.21. The van der Waals surface area contributed by atoms with Crippen molar-refractivity contribution in [3.8, 4) is 0 Å². The Kier molecular flexibility index (Phi) is 4.48. The minimum atomic E-state index is -0.0947. The maximum absolute atomic E-state index is 12.5. The average Bonchev–Trinajstić information content (AvgIpc) is 2.38. The molecule has 3 heteroatoms. The van der Waals surface area contributed by atoms with Crippen LogP contribution in [0.2, 0.25) is 0 Å². The fourth-order valence-corrected chi connectivity index (χ4v) is 3.11. The molecule has 1 fully saturated rings. The summed E-state index contributed by atoms with van der Waals surface area (Å²) in [5, 5.41) is 6.53. The monoisotopic (exact) mass is 274 g/mol. The van der Waals surface area contributed by atoms with Crippen molar-refractivity contribution >= 4 is 5.91 Å². The van der Waals surface area contributed by atoms with Crippen LogP contribution in [0.5, 0.6) is 0 Å². The highest BCUT2D eigenvalue weighted by atomic mass is 16.2. The summed E-state index contributed by atoms with van der Waals surface area (Å²) >= 11 is 0. The lowest BCUT2D eigenvalue weighted by atomic mass is 9.77. The van der Waals surface area contributed by atoms with Gasteiger partial charge in [-0.05, 0) is 49.8 Å². The molecule has 1 aliphatic rings. The Bertz CT molecular complexity index is 482. The van der Waals surface area contributed by atoms with Crippen molar-refractivity contribution in [2.24, 2.45) is 5.41 Å². The second-order valence-corrected chi connectivity index (χ2v) is 6.57. The van der Waals surface area contributed by atoms with E-state index in [2.05, 4.69) is 50.5 Å². The number of benzene rings is 1. The summed E-state index contributed by atoms with van der Waals surface area (Å²) in [4.78, 5) is 12.5. The largest absolute Gasteiger partial charge is 0.348 e. The van der Waals surface area contributed by atoms with Crippen LogP contribution < -0.4 is 10.6 Å². The second kappa shape index (κ2) is 5.96. The summed E-state index contributed by atoms with van der Waals surface area (Å²) in [6, 6.07) is 8.17. The quantitative estimate of drug-likeness (QED) is 0.889. The Morgan fingerprint density at radius 1 is 1.40 bits per heavy atom. The molecule has 3 nitrogen and oxygen atoms in total. The predicted octanol–water partition coefficient (Wildman–Crippen LogP) is 2.95. The number of piperidine rings is 1. The summed E-state index contributed by atoms with van der Waals surface area (Å²) < 4.78 is 0. The Morgan fingerprint density at radius 3 is 2.75 bits per heavy atom. The molecule has 1 aromatic rings. The van der Waals surface area contributed by atoms with E-state index < -0.39 is 0 Å². The Balaban J connectivity index is 2.06. The van der Waals surface area contributed by atoms with E-state index >= 15 is 0 Å². The van der Waals surface area contributed by atoms with Crippen LogP contribution in [-0.2, 0) is 4.79 Å². The van der Waals surface area contributed by atoms with E-state index in [-0.39, 0.29) is 23.4 Å². The number of carbonyl (C=O) groups excluding carboxylic acids is 1. The maximum atomic E-state index is 12.5. The van der Waals surface area contributed by atoms with Crippen LogP contribution in [0.25, 0.3) is 0 Å². The first kappa shape index (κ1) is 15.0. The molecule has 0 spiro atoms. The molecule has 20 heavy (non-hydrogen) atoms. The van der Waals surface area contributed by atoms with Crippen molar-refractivity contribution in [3.63, 3.8) is 0 Å². The zero-order chi connectivity index (χ0) is 14.8. The normalized spacial score (nSPS) is 23.1. The van der Waals surface area contributed by atoms with E-state index in [0.29, 0.717) is 0 Å². The molecule has 0 bridgehead atoms. The van der Waals surface area contributed by atoms with Gasteiger partial charge in [0.1, 0.15) is 0 Å². The molecule has 0 saturated carbocycles. The third-order valence-electron chi connectivity index (χ3n) is 4.40. The van der Waals surface area contributed by atoms with E-state index in [4.69, 9.17) is 0 Å². The summed E-state index contributed by atoms with van der Waals surface area (Å²) in [5.74, 6) is 0.116. The minimum absolute atomic E-state index is 0.0216. The molecular formula is C17H26N2O. The van der Waals surface area contributed by atoms with E-state index in [9.17, 15) is 4.79 Å². The van der Waals surface area contributed by atoms with Gasteiger partial charge in [0, 0.05) is 0 Å². The zero-order valence-electron chi connectivity index (χ0n) is 13.0. The molecule has 1 aliphatic heterocycles. The highest BCUT2D eigenvalue weighted by Crippen LogP contribution is 2.30. The molecule has 0 aromatic heterocycles. The summed E-state index contributed by atoms with van der Waals surface area (Å²) in [5.41, 5.74) is 2.43. The summed E-state index contributed by atoms with van der Waals surface area (Å²) in [6.07, 6.45) is 2.24. The van der Waals surface area contributed by atoms with Gasteiger partial charge in [-0.2, -0.15) is 0 Å². The van der Waals surface area contributed by atoms with Crippen molar-refractivity contribution in [1.29, 1.82) is 0 Å². The van der Waals surface area contributed by atoms with Gasteiger partial charge < -0.3 is 10.6 Å². The summed E-state index contributed by atoms with van der Waals surface area (Å²) in [6.45, 7) is 9.40. The molecule has 0 radical (unpaired) electrons. The zero-order valence-corrected chi connectivity index (χ0v) is 13.0. The predicted molar refractivity (Wildman–Crippen MR) is 82.5 cm³/mol. The number of carbonyl (C=O) groups is 1. The first-order valence-corrected chi connectivity index (χ1v) is 7.51. The average molecular weight is 274 g/mol. The molecule has 2 atom stereocenters. The summed E-state index contributed by atoms with van der Waals surface area (Å²) in [7, 11) is 0. The van der Waals surface area contributed by atoms with Crippen LogP contribution in [-0.4, -0.2) is 18.5 Å². The fourth-order valence-electron chi connectivity index (χ4n) is 3.11. The van der Waals surface area contributed by atoms with Crippen molar-refractivity contribution in [2.45, 2.75) is 52.6 Å². The van der Waals surface area contributed by atoms with E-state index in [1.54, 1.807) is 0 Å². The lowest BCUT2D eigenvalue weighted by molar-refractivity contribution is -0.127. The Morgan fingerprint density at radius 2 is 2.10 bits per heavy atom. The van der Waals surface area contributed by atoms with Crippen LogP contribution in [0.3, 0.4) is 0 Å². The molecular weight excluding hydrogens is 248 g/mol. The lowest BCUT2D eigenvalue weighted by Crippen LogP contribution is -2.55. The third-order valence-corrected chi connectivity index (χ3v) is 4.40.